The van der Waals surface area contributed by atoms with Crippen LogP contribution in [0.3, 0.4) is 0 Å². The van der Waals surface area contributed by atoms with Crippen LogP contribution in [0.5, 0.6) is 0 Å². The third-order valence-corrected chi connectivity index (χ3v) is 5.16. The number of hydrogen-bond acceptors (Lipinski definition) is 3. The van der Waals surface area contributed by atoms with Gasteiger partial charge in [0, 0.05) is 26.2 Å². The third kappa shape index (κ3) is 3.34. The SMILES string of the molecule is O[C@H](c1cc2n(n1)CCCN(Cc1ccc(F)c(Cl)c1)C2)C1CC1. The largest absolute Gasteiger partial charge is 0.386 e. The number of halogens is 2. The van der Waals surface area contributed by atoms with Crippen molar-refractivity contribution in [3.63, 3.8) is 0 Å². The molecule has 0 amide bonds. The van der Waals surface area contributed by atoms with Crippen LogP contribution >= 0.6 is 11.6 Å². The second kappa shape index (κ2) is 6.47. The smallest absolute Gasteiger partial charge is 0.141 e. The first-order valence-corrected chi connectivity index (χ1v) is 8.89. The fourth-order valence-corrected chi connectivity index (χ4v) is 3.58. The monoisotopic (exact) mass is 349 g/mol. The number of rotatable bonds is 4. The lowest BCUT2D eigenvalue weighted by Gasteiger charge is -2.19. The van der Waals surface area contributed by atoms with Crippen molar-refractivity contribution in [3.05, 3.63) is 52.1 Å². The molecule has 0 radical (unpaired) electrons. The minimum Gasteiger partial charge on any atom is -0.386 e. The normalized spacial score (nSPS) is 19.8. The van der Waals surface area contributed by atoms with Gasteiger partial charge in [-0.15, -0.1) is 0 Å². The lowest BCUT2D eigenvalue weighted by Crippen LogP contribution is -2.22. The van der Waals surface area contributed by atoms with Gasteiger partial charge in [0.05, 0.1) is 16.4 Å². The van der Waals surface area contributed by atoms with Crippen LogP contribution < -0.4 is 0 Å². The topological polar surface area (TPSA) is 41.3 Å². The van der Waals surface area contributed by atoms with Crippen molar-refractivity contribution >= 4 is 11.6 Å². The highest BCUT2D eigenvalue weighted by atomic mass is 35.5. The Morgan fingerprint density at radius 1 is 1.29 bits per heavy atom. The molecule has 4 rings (SSSR count). The Morgan fingerprint density at radius 3 is 2.88 bits per heavy atom. The van der Waals surface area contributed by atoms with E-state index in [4.69, 9.17) is 11.6 Å². The van der Waals surface area contributed by atoms with Crippen molar-refractivity contribution < 1.29 is 9.50 Å². The molecule has 24 heavy (non-hydrogen) atoms. The molecule has 2 heterocycles. The second-order valence-corrected chi connectivity index (χ2v) is 7.29. The van der Waals surface area contributed by atoms with Gasteiger partial charge in [0.2, 0.25) is 0 Å². The molecule has 0 spiro atoms. The Labute approximate surface area is 145 Å². The van der Waals surface area contributed by atoms with Crippen molar-refractivity contribution in [2.45, 2.75) is 45.0 Å². The van der Waals surface area contributed by atoms with E-state index in [1.54, 1.807) is 12.1 Å². The molecule has 1 N–H and O–H groups in total. The lowest BCUT2D eigenvalue weighted by molar-refractivity contribution is 0.148. The molecule has 0 unspecified atom stereocenters. The van der Waals surface area contributed by atoms with Gasteiger partial charge in [-0.3, -0.25) is 9.58 Å². The summed E-state index contributed by atoms with van der Waals surface area (Å²) in [5.74, 6) is 0.00895. The summed E-state index contributed by atoms with van der Waals surface area (Å²) in [7, 11) is 0. The fourth-order valence-electron chi connectivity index (χ4n) is 3.38. The van der Waals surface area contributed by atoms with Crippen LogP contribution in [0.2, 0.25) is 5.02 Å². The molecule has 0 bridgehead atoms. The number of nitrogens with zero attached hydrogens (tertiary/aromatic N) is 3. The molecule has 0 saturated heterocycles. The summed E-state index contributed by atoms with van der Waals surface area (Å²) in [5.41, 5.74) is 2.95. The number of fused-ring (bicyclic) bond motifs is 1. The van der Waals surface area contributed by atoms with Crippen molar-refractivity contribution in [3.8, 4) is 0 Å². The quantitative estimate of drug-likeness (QED) is 0.918. The van der Waals surface area contributed by atoms with E-state index in [9.17, 15) is 9.50 Å². The highest BCUT2D eigenvalue weighted by Gasteiger charge is 2.33. The van der Waals surface area contributed by atoms with Crippen molar-refractivity contribution in [2.24, 2.45) is 5.92 Å². The van der Waals surface area contributed by atoms with Crippen LogP contribution in [-0.4, -0.2) is 26.3 Å². The molecule has 6 heteroatoms. The maximum atomic E-state index is 13.3. The summed E-state index contributed by atoms with van der Waals surface area (Å²) in [4.78, 5) is 2.32. The van der Waals surface area contributed by atoms with E-state index in [-0.39, 0.29) is 10.8 Å². The molecule has 1 atom stereocenters. The highest BCUT2D eigenvalue weighted by Crippen LogP contribution is 2.40. The molecule has 1 saturated carbocycles. The van der Waals surface area contributed by atoms with E-state index in [1.165, 1.54) is 6.07 Å². The number of hydrogen-bond donors (Lipinski definition) is 1. The number of aromatic nitrogens is 2. The maximum absolute atomic E-state index is 13.3. The van der Waals surface area contributed by atoms with E-state index in [1.807, 2.05) is 10.7 Å². The van der Waals surface area contributed by atoms with Crippen LogP contribution in [0.25, 0.3) is 0 Å². The van der Waals surface area contributed by atoms with Crippen LogP contribution in [0.15, 0.2) is 24.3 Å². The van der Waals surface area contributed by atoms with Gasteiger partial charge in [-0.2, -0.15) is 5.10 Å². The van der Waals surface area contributed by atoms with Crippen molar-refractivity contribution in [1.82, 2.24) is 14.7 Å². The molecule has 2 aromatic rings. The Bertz CT molecular complexity index is 744. The van der Waals surface area contributed by atoms with Crippen LogP contribution in [-0.2, 0) is 19.6 Å². The second-order valence-electron chi connectivity index (χ2n) is 6.88. The van der Waals surface area contributed by atoms with E-state index in [0.717, 1.165) is 62.4 Å². The lowest BCUT2D eigenvalue weighted by atomic mass is 10.1. The summed E-state index contributed by atoms with van der Waals surface area (Å²) in [6.45, 7) is 3.33. The molecular weight excluding hydrogens is 329 g/mol. The molecular formula is C18H21ClFN3O. The first-order valence-electron chi connectivity index (χ1n) is 8.51. The van der Waals surface area contributed by atoms with Crippen molar-refractivity contribution in [1.29, 1.82) is 0 Å². The van der Waals surface area contributed by atoms with Gasteiger partial charge in [0.1, 0.15) is 11.9 Å². The molecule has 1 aliphatic carbocycles. The van der Waals surface area contributed by atoms with Crippen LogP contribution in [0.4, 0.5) is 4.39 Å². The Morgan fingerprint density at radius 2 is 2.12 bits per heavy atom. The summed E-state index contributed by atoms with van der Waals surface area (Å²) in [6, 6.07) is 6.94. The molecule has 1 fully saturated rings. The molecule has 4 nitrogen and oxygen atoms in total. The minimum atomic E-state index is -0.422. The van der Waals surface area contributed by atoms with E-state index < -0.39 is 6.10 Å². The Kier molecular flexibility index (Phi) is 4.33. The molecule has 128 valence electrons. The first kappa shape index (κ1) is 16.1. The van der Waals surface area contributed by atoms with Gasteiger partial charge in [0.15, 0.2) is 0 Å². The average Bonchev–Trinajstić information content (AvgIpc) is 3.35. The minimum absolute atomic E-state index is 0.169. The molecule has 1 aromatic heterocycles. The van der Waals surface area contributed by atoms with Crippen LogP contribution in [0, 0.1) is 11.7 Å². The summed E-state index contributed by atoms with van der Waals surface area (Å²) in [6.07, 6.45) is 2.78. The predicted octanol–water partition coefficient (Wildman–Crippen LogP) is 3.52. The molecule has 1 aromatic carbocycles. The summed E-state index contributed by atoms with van der Waals surface area (Å²) < 4.78 is 15.3. The van der Waals surface area contributed by atoms with E-state index >= 15 is 0 Å². The highest BCUT2D eigenvalue weighted by molar-refractivity contribution is 6.30. The average molecular weight is 350 g/mol. The first-order chi connectivity index (χ1) is 11.6. The Hall–Kier alpha value is -1.43. The van der Waals surface area contributed by atoms with E-state index in [0.29, 0.717) is 5.92 Å². The maximum Gasteiger partial charge on any atom is 0.141 e. The zero-order valence-electron chi connectivity index (χ0n) is 13.5. The van der Waals surface area contributed by atoms with E-state index in [2.05, 4.69) is 10.00 Å². The van der Waals surface area contributed by atoms with Crippen molar-refractivity contribution in [2.75, 3.05) is 6.54 Å². The Balaban J connectivity index is 1.49. The summed E-state index contributed by atoms with van der Waals surface area (Å²) >= 11 is 5.88. The number of aliphatic hydroxyl groups excluding tert-OH is 1. The standard InChI is InChI=1S/C18H21ClFN3O/c19-15-8-12(2-5-16(15)20)10-22-6-1-7-23-14(11-22)9-17(21-23)18(24)13-3-4-13/h2,5,8-9,13,18,24H,1,3-4,6-7,10-11H2/t18-/m0/s1. The number of aliphatic hydroxyl groups is 1. The van der Waals surface area contributed by atoms with Gasteiger partial charge in [-0.1, -0.05) is 17.7 Å². The third-order valence-electron chi connectivity index (χ3n) is 4.87. The zero-order valence-corrected chi connectivity index (χ0v) is 14.2. The van der Waals surface area contributed by atoms with Gasteiger partial charge in [0.25, 0.3) is 0 Å². The van der Waals surface area contributed by atoms with Gasteiger partial charge >= 0.3 is 0 Å². The zero-order chi connectivity index (χ0) is 16.7. The summed E-state index contributed by atoms with van der Waals surface area (Å²) in [5, 5.41) is 15.1. The molecule has 2 aliphatic rings. The van der Waals surface area contributed by atoms with Gasteiger partial charge in [-0.05, 0) is 48.9 Å². The van der Waals surface area contributed by atoms with Gasteiger partial charge in [-0.25, -0.2) is 4.39 Å². The number of benzene rings is 1. The van der Waals surface area contributed by atoms with Crippen LogP contribution in [0.1, 0.15) is 42.3 Å². The molecule has 1 aliphatic heterocycles. The van der Waals surface area contributed by atoms with Gasteiger partial charge < -0.3 is 5.11 Å². The predicted molar refractivity (Wildman–Crippen MR) is 90.1 cm³/mol. The number of aryl methyl sites for hydroxylation is 1. The fraction of sp³-hybridized carbons (Fsp3) is 0.500.